The van der Waals surface area contributed by atoms with Crippen LogP contribution >= 0.6 is 10.7 Å². The first-order chi connectivity index (χ1) is 8.57. The number of rotatable bonds is 3. The minimum atomic E-state index is -3.72. The zero-order chi connectivity index (χ0) is 13.0. The first-order valence-corrected chi connectivity index (χ1v) is 7.65. The minimum Gasteiger partial charge on any atom is -0.207 e. The topological polar surface area (TPSA) is 34.1 Å². The van der Waals surface area contributed by atoms with Crippen LogP contribution in [0.1, 0.15) is 11.1 Å². The van der Waals surface area contributed by atoms with Crippen LogP contribution in [0.2, 0.25) is 0 Å². The summed E-state index contributed by atoms with van der Waals surface area (Å²) >= 11 is 0. The van der Waals surface area contributed by atoms with Crippen molar-refractivity contribution in [1.82, 2.24) is 0 Å². The van der Waals surface area contributed by atoms with Crippen LogP contribution in [0.5, 0.6) is 0 Å². The number of benzene rings is 2. The molecule has 0 amide bonds. The lowest BCUT2D eigenvalue weighted by atomic mass is 10.1. The highest BCUT2D eigenvalue weighted by molar-refractivity contribution is 8.13. The Balaban J connectivity index is 2.39. The van der Waals surface area contributed by atoms with Crippen molar-refractivity contribution in [3.63, 3.8) is 0 Å². The Hall–Kier alpha value is -1.58. The summed E-state index contributed by atoms with van der Waals surface area (Å²) < 4.78 is 22.8. The lowest BCUT2D eigenvalue weighted by Crippen LogP contribution is -1.93. The van der Waals surface area contributed by atoms with Gasteiger partial charge in [-0.15, -0.1) is 0 Å². The summed E-state index contributed by atoms with van der Waals surface area (Å²) in [5, 5.41) is 0. The molecule has 0 bridgehead atoms. The molecule has 0 N–H and O–H groups in total. The first-order valence-electron chi connectivity index (χ1n) is 5.34. The Morgan fingerprint density at radius 1 is 0.833 bits per heavy atom. The summed E-state index contributed by atoms with van der Waals surface area (Å²) in [4.78, 5) is 0.124. The van der Waals surface area contributed by atoms with Gasteiger partial charge in [0.1, 0.15) is 0 Å². The summed E-state index contributed by atoms with van der Waals surface area (Å²) in [6, 6.07) is 16.3. The molecule has 0 saturated carbocycles. The third-order valence-electron chi connectivity index (χ3n) is 2.44. The fourth-order valence-electron chi connectivity index (χ4n) is 1.59. The molecule has 0 saturated heterocycles. The summed E-state index contributed by atoms with van der Waals surface area (Å²) in [7, 11) is 1.67. The van der Waals surface area contributed by atoms with E-state index >= 15 is 0 Å². The lowest BCUT2D eigenvalue weighted by molar-refractivity contribution is 0.609. The molecule has 0 atom stereocenters. The van der Waals surface area contributed by atoms with Gasteiger partial charge < -0.3 is 0 Å². The summed E-state index contributed by atoms with van der Waals surface area (Å²) in [6.45, 7) is 0. The zero-order valence-corrected chi connectivity index (χ0v) is 11.0. The average Bonchev–Trinajstić information content (AvgIpc) is 2.37. The fraction of sp³-hybridized carbons (Fsp3) is 0. The van der Waals surface area contributed by atoms with Crippen LogP contribution in [-0.2, 0) is 9.05 Å². The first kappa shape index (κ1) is 12.9. The van der Waals surface area contributed by atoms with E-state index in [1.54, 1.807) is 24.3 Å². The van der Waals surface area contributed by atoms with Crippen LogP contribution in [-0.4, -0.2) is 8.42 Å². The molecule has 0 aliphatic carbocycles. The van der Waals surface area contributed by atoms with Crippen molar-refractivity contribution in [2.24, 2.45) is 0 Å². The molecule has 0 aromatic heterocycles. The van der Waals surface area contributed by atoms with E-state index in [1.165, 1.54) is 6.07 Å². The van der Waals surface area contributed by atoms with Crippen LogP contribution in [0.15, 0.2) is 59.5 Å². The van der Waals surface area contributed by atoms with E-state index in [0.29, 0.717) is 5.56 Å². The Morgan fingerprint density at radius 2 is 1.44 bits per heavy atom. The Labute approximate surface area is 111 Å². The smallest absolute Gasteiger partial charge is 0.207 e. The third kappa shape index (κ3) is 3.22. The van der Waals surface area contributed by atoms with Crippen LogP contribution < -0.4 is 0 Å². The second-order valence-electron chi connectivity index (χ2n) is 3.72. The monoisotopic (exact) mass is 278 g/mol. The normalized spacial score (nSPS) is 11.8. The van der Waals surface area contributed by atoms with Gasteiger partial charge in [-0.3, -0.25) is 0 Å². The van der Waals surface area contributed by atoms with Gasteiger partial charge >= 0.3 is 0 Å². The van der Waals surface area contributed by atoms with Crippen LogP contribution in [0.25, 0.3) is 12.2 Å². The standard InChI is InChI=1S/C14H11ClO2S/c15-18(16,17)14-9-5-4-8-13(14)11-10-12-6-2-1-3-7-12/h1-11H. The van der Waals surface area contributed by atoms with Crippen LogP contribution in [0.4, 0.5) is 0 Å². The molecule has 0 aliphatic heterocycles. The maximum Gasteiger partial charge on any atom is 0.261 e. The molecule has 92 valence electrons. The quantitative estimate of drug-likeness (QED) is 0.632. The molecule has 0 spiro atoms. The molecule has 4 heteroatoms. The van der Waals surface area contributed by atoms with E-state index in [0.717, 1.165) is 5.56 Å². The molecule has 2 rings (SSSR count). The van der Waals surface area contributed by atoms with Gasteiger partial charge in [0.15, 0.2) is 0 Å². The molecular weight excluding hydrogens is 268 g/mol. The van der Waals surface area contributed by atoms with E-state index in [1.807, 2.05) is 36.4 Å². The highest BCUT2D eigenvalue weighted by Gasteiger charge is 2.12. The van der Waals surface area contributed by atoms with Gasteiger partial charge in [0.25, 0.3) is 9.05 Å². The van der Waals surface area contributed by atoms with Gasteiger partial charge in [0.05, 0.1) is 4.90 Å². The van der Waals surface area contributed by atoms with Gasteiger partial charge in [-0.25, -0.2) is 8.42 Å². The van der Waals surface area contributed by atoms with Crippen molar-refractivity contribution in [1.29, 1.82) is 0 Å². The SMILES string of the molecule is O=S(=O)(Cl)c1ccccc1C=Cc1ccccc1. The molecular formula is C14H11ClO2S. The number of halogens is 1. The lowest BCUT2D eigenvalue weighted by Gasteiger charge is -2.01. The second-order valence-corrected chi connectivity index (χ2v) is 6.25. The van der Waals surface area contributed by atoms with E-state index in [9.17, 15) is 8.42 Å². The van der Waals surface area contributed by atoms with Crippen molar-refractivity contribution in [2.45, 2.75) is 4.90 Å². The summed E-state index contributed by atoms with van der Waals surface area (Å²) in [5.41, 5.74) is 1.58. The third-order valence-corrected chi connectivity index (χ3v) is 3.83. The van der Waals surface area contributed by atoms with Gasteiger partial charge in [0.2, 0.25) is 0 Å². The molecule has 0 heterocycles. The zero-order valence-electron chi connectivity index (χ0n) is 9.45. The summed E-state index contributed by atoms with van der Waals surface area (Å²) in [5.74, 6) is 0. The Bertz CT molecular complexity index is 661. The van der Waals surface area contributed by atoms with Gasteiger partial charge in [0, 0.05) is 10.7 Å². The Kier molecular flexibility index (Phi) is 3.84. The van der Waals surface area contributed by atoms with Crippen molar-refractivity contribution in [2.75, 3.05) is 0 Å². The van der Waals surface area contributed by atoms with Crippen molar-refractivity contribution in [3.8, 4) is 0 Å². The maximum absolute atomic E-state index is 11.4. The van der Waals surface area contributed by atoms with E-state index in [-0.39, 0.29) is 4.90 Å². The number of hydrogen-bond acceptors (Lipinski definition) is 2. The average molecular weight is 279 g/mol. The predicted molar refractivity (Wildman–Crippen MR) is 74.9 cm³/mol. The minimum absolute atomic E-state index is 0.124. The van der Waals surface area contributed by atoms with E-state index in [4.69, 9.17) is 10.7 Å². The maximum atomic E-state index is 11.4. The van der Waals surface area contributed by atoms with Gasteiger partial charge in [-0.2, -0.15) is 0 Å². The second kappa shape index (κ2) is 5.38. The van der Waals surface area contributed by atoms with E-state index in [2.05, 4.69) is 0 Å². The Morgan fingerprint density at radius 3 is 2.11 bits per heavy atom. The number of hydrogen-bond donors (Lipinski definition) is 0. The molecule has 0 fully saturated rings. The van der Waals surface area contributed by atoms with Crippen molar-refractivity contribution in [3.05, 3.63) is 65.7 Å². The van der Waals surface area contributed by atoms with Crippen LogP contribution in [0, 0.1) is 0 Å². The van der Waals surface area contributed by atoms with Gasteiger partial charge in [-0.05, 0) is 17.2 Å². The molecule has 18 heavy (non-hydrogen) atoms. The highest BCUT2D eigenvalue weighted by Crippen LogP contribution is 2.21. The van der Waals surface area contributed by atoms with Crippen molar-refractivity contribution >= 4 is 31.9 Å². The predicted octanol–water partition coefficient (Wildman–Crippen LogP) is 3.78. The molecule has 2 nitrogen and oxygen atoms in total. The van der Waals surface area contributed by atoms with E-state index < -0.39 is 9.05 Å². The molecule has 0 radical (unpaired) electrons. The van der Waals surface area contributed by atoms with Crippen LogP contribution in [0.3, 0.4) is 0 Å². The molecule has 0 aliphatic rings. The van der Waals surface area contributed by atoms with Crippen molar-refractivity contribution < 1.29 is 8.42 Å². The molecule has 2 aromatic rings. The van der Waals surface area contributed by atoms with Gasteiger partial charge in [-0.1, -0.05) is 60.7 Å². The highest BCUT2D eigenvalue weighted by atomic mass is 35.7. The fourth-order valence-corrected chi connectivity index (χ4v) is 2.67. The molecule has 2 aromatic carbocycles. The molecule has 0 unspecified atom stereocenters. The largest absolute Gasteiger partial charge is 0.261 e. The summed E-state index contributed by atoms with van der Waals surface area (Å²) in [6.07, 6.45) is 3.59.